The molecule has 88 heavy (non-hydrogen) atoms. The van der Waals surface area contributed by atoms with Crippen LogP contribution in [0.2, 0.25) is 0 Å². The highest BCUT2D eigenvalue weighted by Gasteiger charge is 2.27. The fourth-order valence-electron chi connectivity index (χ4n) is 11.8. The third-order valence-corrected chi connectivity index (χ3v) is 16.7. The molecule has 4 N–H and O–H groups in total. The van der Waals surface area contributed by atoms with Gasteiger partial charge in [0, 0.05) is 120 Å². The van der Waals surface area contributed by atoms with Gasteiger partial charge in [0.25, 0.3) is 16.7 Å². The summed E-state index contributed by atoms with van der Waals surface area (Å²) in [4.78, 5) is 82.0. The molecular weight excluding hydrogens is 1110 g/mol. The molecule has 476 valence electrons. The van der Waals surface area contributed by atoms with E-state index in [1.54, 1.807) is 18.2 Å². The van der Waals surface area contributed by atoms with Crippen LogP contribution in [-0.2, 0) is 33.8 Å². The van der Waals surface area contributed by atoms with E-state index in [4.69, 9.17) is 40.3 Å². The molecule has 0 amide bonds. The minimum atomic E-state index is -0.0731. The van der Waals surface area contributed by atoms with E-state index in [2.05, 4.69) is 95.9 Å². The Bertz CT molecular complexity index is 3240. The molecule has 12 rings (SSSR count). The van der Waals surface area contributed by atoms with Gasteiger partial charge in [-0.05, 0) is 126 Å². The molecule has 0 atom stereocenters. The van der Waals surface area contributed by atoms with Gasteiger partial charge in [-0.25, -0.2) is 19.9 Å². The number of pyridine rings is 2. The van der Waals surface area contributed by atoms with Crippen molar-refractivity contribution >= 4 is 23.7 Å². The van der Waals surface area contributed by atoms with Crippen LogP contribution < -0.4 is 41.4 Å². The smallest absolute Gasteiger partial charge is 0.252 e. The van der Waals surface area contributed by atoms with Crippen molar-refractivity contribution < 1.29 is 18.9 Å². The van der Waals surface area contributed by atoms with Crippen LogP contribution >= 0.6 is 0 Å². The second-order valence-corrected chi connectivity index (χ2v) is 22.7. The number of ether oxygens (including phenoxy) is 4. The number of terminal acetylenes is 1. The highest BCUT2D eigenvalue weighted by atomic mass is 16.5. The van der Waals surface area contributed by atoms with Crippen molar-refractivity contribution in [1.29, 1.82) is 0 Å². The van der Waals surface area contributed by atoms with Crippen LogP contribution in [-0.4, -0.2) is 186 Å². The maximum absolute atomic E-state index is 12.2. The van der Waals surface area contributed by atoms with Crippen LogP contribution in [0.25, 0.3) is 0 Å². The van der Waals surface area contributed by atoms with Gasteiger partial charge in [-0.2, -0.15) is 0 Å². The summed E-state index contributed by atoms with van der Waals surface area (Å²) in [6, 6.07) is 21.5. The number of aromatic amines is 3. The molecule has 6 aliphatic heterocycles. The SMILES string of the molecule is C.C.C.C#CCOc1ccc(CN2CCC(c3cc(=O)[nH]c(N4CCOCC4)n3)CC2)cc1.CNc1ccc(CN2CCC(c3cc(=O)[nH]c(N4CCOCC4)n3)CC2)cn1.Cc1ccc(CN2CCC(c3cc(=O)[nH]c(N4CCOCC4)n3)CC2)cn1. The van der Waals surface area contributed by atoms with Crippen molar-refractivity contribution in [3.8, 4) is 18.1 Å². The zero-order valence-electron chi connectivity index (χ0n) is 49.4. The minimum absolute atomic E-state index is 0. The monoisotopic (exact) mass is 1210 g/mol. The summed E-state index contributed by atoms with van der Waals surface area (Å²) < 4.78 is 21.6. The predicted octanol–water partition coefficient (Wildman–Crippen LogP) is 7.02. The maximum atomic E-state index is 12.2. The van der Waals surface area contributed by atoms with E-state index in [-0.39, 0.29) is 45.6 Å². The maximum Gasteiger partial charge on any atom is 0.252 e. The lowest BCUT2D eigenvalue weighted by Gasteiger charge is -2.32. The highest BCUT2D eigenvalue weighted by Crippen LogP contribution is 2.31. The first-order valence-electron chi connectivity index (χ1n) is 30.3. The third-order valence-electron chi connectivity index (χ3n) is 16.7. The Hall–Kier alpha value is -7.52. The first-order valence-corrected chi connectivity index (χ1v) is 30.3. The summed E-state index contributed by atoms with van der Waals surface area (Å²) in [7, 11) is 1.87. The predicted molar refractivity (Wildman–Crippen MR) is 349 cm³/mol. The van der Waals surface area contributed by atoms with Crippen molar-refractivity contribution in [2.24, 2.45) is 0 Å². The molecule has 6 fully saturated rings. The summed E-state index contributed by atoms with van der Waals surface area (Å²) in [6.07, 6.45) is 15.2. The summed E-state index contributed by atoms with van der Waals surface area (Å²) in [6.45, 7) is 19.7. The van der Waals surface area contributed by atoms with Gasteiger partial charge in [0.2, 0.25) is 17.8 Å². The molecule has 11 heterocycles. The normalized spacial score (nSPS) is 18.2. The molecule has 6 aromatic rings. The first kappa shape index (κ1) is 68.0. The van der Waals surface area contributed by atoms with Gasteiger partial charge < -0.3 is 39.0 Å². The largest absolute Gasteiger partial charge is 0.481 e. The highest BCUT2D eigenvalue weighted by molar-refractivity contribution is 5.36. The number of H-pyrrole nitrogens is 3. The van der Waals surface area contributed by atoms with Gasteiger partial charge in [-0.15, -0.1) is 6.42 Å². The van der Waals surface area contributed by atoms with E-state index in [1.807, 2.05) is 44.6 Å². The van der Waals surface area contributed by atoms with Gasteiger partial charge in [0.05, 0.1) is 56.7 Å². The molecule has 22 nitrogen and oxygen atoms in total. The lowest BCUT2D eigenvalue weighted by molar-refractivity contribution is 0.122. The molecule has 0 radical (unpaired) electrons. The van der Waals surface area contributed by atoms with Crippen LogP contribution in [0.3, 0.4) is 0 Å². The average Bonchev–Trinajstić information content (AvgIpc) is 3.67. The molecule has 1 aromatic carbocycles. The number of hydrogen-bond acceptors (Lipinski definition) is 19. The van der Waals surface area contributed by atoms with Gasteiger partial charge in [-0.3, -0.25) is 49.0 Å². The zero-order chi connectivity index (χ0) is 58.7. The number of hydrogen-bond donors (Lipinski definition) is 4. The molecule has 6 saturated heterocycles. The number of anilines is 4. The van der Waals surface area contributed by atoms with Crippen LogP contribution in [0.1, 0.15) is 118 Å². The van der Waals surface area contributed by atoms with E-state index in [1.165, 1.54) is 16.7 Å². The first-order chi connectivity index (χ1) is 41.6. The second-order valence-electron chi connectivity index (χ2n) is 22.7. The number of benzene rings is 1. The van der Waals surface area contributed by atoms with Crippen LogP contribution in [0.4, 0.5) is 23.7 Å². The van der Waals surface area contributed by atoms with E-state index < -0.39 is 0 Å². The van der Waals surface area contributed by atoms with Crippen LogP contribution in [0.15, 0.2) is 93.5 Å². The summed E-state index contributed by atoms with van der Waals surface area (Å²) in [5.74, 6) is 7.21. The fraction of sp³-hybridized carbons (Fsp3) is 0.545. The summed E-state index contributed by atoms with van der Waals surface area (Å²) in [5.41, 5.74) is 7.34. The number of likely N-dealkylation sites (tertiary alicyclic amines) is 3. The molecule has 0 spiro atoms. The van der Waals surface area contributed by atoms with Gasteiger partial charge in [0.1, 0.15) is 18.2 Å². The van der Waals surface area contributed by atoms with Gasteiger partial charge in [0.15, 0.2) is 0 Å². The topological polar surface area (TPSA) is 231 Å². The van der Waals surface area contributed by atoms with E-state index >= 15 is 0 Å². The average molecular weight is 1210 g/mol. The van der Waals surface area contributed by atoms with E-state index in [0.29, 0.717) is 75.2 Å². The molecule has 0 aliphatic carbocycles. The number of piperidine rings is 3. The number of nitrogens with zero attached hydrogens (tertiary/aromatic N) is 11. The van der Waals surface area contributed by atoms with Crippen LogP contribution in [0, 0.1) is 19.3 Å². The molecule has 0 unspecified atom stereocenters. The Labute approximate surface area is 519 Å². The number of aromatic nitrogens is 8. The summed E-state index contributed by atoms with van der Waals surface area (Å²) in [5, 5.41) is 3.04. The molecule has 0 bridgehead atoms. The lowest BCUT2D eigenvalue weighted by atomic mass is 9.93. The number of aryl methyl sites for hydroxylation is 1. The molecule has 22 heteroatoms. The molecule has 5 aromatic heterocycles. The number of rotatable bonds is 15. The van der Waals surface area contributed by atoms with Crippen molar-refractivity contribution in [3.63, 3.8) is 0 Å². The Kier molecular flexibility index (Phi) is 26.5. The van der Waals surface area contributed by atoms with E-state index in [9.17, 15) is 14.4 Å². The molecule has 0 saturated carbocycles. The second kappa shape index (κ2) is 34.3. The van der Waals surface area contributed by atoms with Gasteiger partial charge >= 0.3 is 0 Å². The minimum Gasteiger partial charge on any atom is -0.481 e. The number of nitrogens with one attached hydrogen (secondary N) is 4. The number of morpholine rings is 3. The summed E-state index contributed by atoms with van der Waals surface area (Å²) >= 11 is 0. The molecule has 6 aliphatic rings. The van der Waals surface area contributed by atoms with Crippen LogP contribution in [0.5, 0.6) is 5.75 Å². The fourth-order valence-corrected chi connectivity index (χ4v) is 11.8. The van der Waals surface area contributed by atoms with Gasteiger partial charge in [-0.1, -0.05) is 52.5 Å². The lowest BCUT2D eigenvalue weighted by Crippen LogP contribution is -2.39. The quantitative estimate of drug-likeness (QED) is 0.0757. The van der Waals surface area contributed by atoms with E-state index in [0.717, 1.165) is 171 Å². The third kappa shape index (κ3) is 19.7. The Balaban J connectivity index is 0.000000185. The standard InChI is InChI=1S/C23H28N4O3.C20H28N6O2.C20H27N5O2.3CH4/c1-2-13-30-20-5-3-18(4-6-20)17-26-9-7-19(8-10-26)21-16-22(28)25-23(24-21)27-11-14-29-15-12-27;1-21-18-3-2-15(13-22-18)14-25-6-4-16(5-7-25)17-12-19(27)24-20(23-17)26-8-10-28-11-9-26;1-15-2-3-16(13-21-15)14-24-6-4-17(5-7-24)18-12-19(26)23-20(22-18)25-8-10-27-11-9-25;;;/h1,3-6,16,19H,7-15,17H2,(H,24,25,28);2-3,12-13,16H,4-11,14H2,1H3,(H,21,22)(H,23,24,27);2-3,12-13,17H,4-11,14H2,1H3,(H,22,23,26);3*1H4. The Morgan fingerprint density at radius 3 is 1.19 bits per heavy atom. The Morgan fingerprint density at radius 1 is 0.511 bits per heavy atom. The Morgan fingerprint density at radius 2 is 0.864 bits per heavy atom. The van der Waals surface area contributed by atoms with Crippen molar-refractivity contribution in [1.82, 2.24) is 54.6 Å². The molecular formula is C66H95N15O7. The van der Waals surface area contributed by atoms with Crippen molar-refractivity contribution in [3.05, 3.63) is 150 Å². The van der Waals surface area contributed by atoms with Crippen molar-refractivity contribution in [2.45, 2.75) is 105 Å². The van der Waals surface area contributed by atoms with Crippen molar-refractivity contribution in [2.75, 3.05) is 152 Å². The zero-order valence-corrected chi connectivity index (χ0v) is 49.4.